The second-order valence-corrected chi connectivity index (χ2v) is 3.81. The Morgan fingerprint density at radius 3 is 3.06 bits per heavy atom. The van der Waals surface area contributed by atoms with E-state index < -0.39 is 5.38 Å². The van der Waals surface area contributed by atoms with Gasteiger partial charge in [-0.05, 0) is 19.1 Å². The van der Waals surface area contributed by atoms with E-state index in [1.807, 2.05) is 0 Å². The Labute approximate surface area is 96.4 Å². The first kappa shape index (κ1) is 10.8. The van der Waals surface area contributed by atoms with Crippen LogP contribution in [0.2, 0.25) is 0 Å². The number of carbonyl (C=O) groups excluding carboxylic acids is 1. The Balaban J connectivity index is 2.11. The summed E-state index contributed by atoms with van der Waals surface area (Å²) in [5, 5.41) is 5.60. The summed E-state index contributed by atoms with van der Waals surface area (Å²) in [5.41, 5.74) is 0.516. The molecule has 0 spiro atoms. The van der Waals surface area contributed by atoms with Crippen LogP contribution in [0.15, 0.2) is 33.4 Å². The van der Waals surface area contributed by atoms with Crippen LogP contribution < -0.4 is 5.32 Å². The highest BCUT2D eigenvalue weighted by atomic mass is 35.5. The number of anilines is 1. The molecule has 84 valence electrons. The van der Waals surface area contributed by atoms with Crippen molar-refractivity contribution in [3.05, 3.63) is 24.5 Å². The zero-order valence-electron chi connectivity index (χ0n) is 8.44. The van der Waals surface area contributed by atoms with Gasteiger partial charge in [0.25, 0.3) is 0 Å². The monoisotopic (exact) mass is 240 g/mol. The third kappa shape index (κ3) is 2.25. The predicted octanol–water partition coefficient (Wildman–Crippen LogP) is 2.50. The molecule has 0 bridgehead atoms. The molecule has 5 nitrogen and oxygen atoms in total. The normalized spacial score (nSPS) is 12.4. The molecule has 1 atom stereocenters. The van der Waals surface area contributed by atoms with Crippen LogP contribution in [0.5, 0.6) is 0 Å². The van der Waals surface area contributed by atoms with Crippen molar-refractivity contribution in [3.8, 4) is 11.5 Å². The quantitative estimate of drug-likeness (QED) is 0.837. The van der Waals surface area contributed by atoms with Crippen molar-refractivity contribution in [2.24, 2.45) is 0 Å². The Hall–Kier alpha value is -1.75. The van der Waals surface area contributed by atoms with E-state index in [4.69, 9.17) is 20.5 Å². The number of hydrogen-bond donors (Lipinski definition) is 1. The highest BCUT2D eigenvalue weighted by Gasteiger charge is 2.14. The molecule has 1 amide bonds. The first-order valence-corrected chi connectivity index (χ1v) is 5.06. The van der Waals surface area contributed by atoms with Crippen molar-refractivity contribution in [2.45, 2.75) is 12.3 Å². The lowest BCUT2D eigenvalue weighted by atomic mass is 10.3. The van der Waals surface area contributed by atoms with Gasteiger partial charge >= 0.3 is 0 Å². The predicted molar refractivity (Wildman–Crippen MR) is 58.1 cm³/mol. The van der Waals surface area contributed by atoms with Crippen molar-refractivity contribution < 1.29 is 13.7 Å². The maximum absolute atomic E-state index is 11.3. The van der Waals surface area contributed by atoms with E-state index in [0.29, 0.717) is 11.5 Å². The van der Waals surface area contributed by atoms with Crippen LogP contribution in [0.25, 0.3) is 11.5 Å². The number of halogens is 1. The molecule has 6 heteroatoms. The molecule has 2 aromatic rings. The van der Waals surface area contributed by atoms with E-state index in [1.165, 1.54) is 6.26 Å². The third-order valence-corrected chi connectivity index (χ3v) is 2.09. The van der Waals surface area contributed by atoms with Crippen molar-refractivity contribution >= 4 is 23.4 Å². The first-order chi connectivity index (χ1) is 7.66. The number of amides is 1. The molecular weight excluding hydrogens is 232 g/mol. The van der Waals surface area contributed by atoms with E-state index in [9.17, 15) is 4.79 Å². The second-order valence-electron chi connectivity index (χ2n) is 3.16. The first-order valence-electron chi connectivity index (χ1n) is 4.62. The van der Waals surface area contributed by atoms with E-state index in [0.717, 1.165) is 0 Å². The third-order valence-electron chi connectivity index (χ3n) is 1.89. The van der Waals surface area contributed by atoms with E-state index in [1.54, 1.807) is 25.1 Å². The van der Waals surface area contributed by atoms with Crippen LogP contribution >= 0.6 is 11.6 Å². The van der Waals surface area contributed by atoms with Gasteiger partial charge in [0.1, 0.15) is 5.38 Å². The van der Waals surface area contributed by atoms with Gasteiger partial charge in [0.2, 0.25) is 11.8 Å². The number of rotatable bonds is 3. The number of furan rings is 1. The van der Waals surface area contributed by atoms with Gasteiger partial charge in [-0.3, -0.25) is 10.1 Å². The number of alkyl halides is 1. The summed E-state index contributed by atoms with van der Waals surface area (Å²) in [6.45, 7) is 1.57. The summed E-state index contributed by atoms with van der Waals surface area (Å²) in [5.74, 6) is 0.468. The standard InChI is InChI=1S/C10H9ClN2O3/c1-6(11)10(14)12-9-5-7(13-16-9)8-3-2-4-15-8/h2-6H,1H3,(H,12,14)/t6-/m0/s1. The van der Waals surface area contributed by atoms with E-state index in [2.05, 4.69) is 10.5 Å². The molecule has 0 aliphatic rings. The Morgan fingerprint density at radius 2 is 2.44 bits per heavy atom. The maximum atomic E-state index is 11.3. The Bertz CT molecular complexity index is 476. The van der Waals surface area contributed by atoms with Gasteiger partial charge in [0.15, 0.2) is 11.5 Å². The lowest BCUT2D eigenvalue weighted by molar-refractivity contribution is -0.115. The number of carbonyl (C=O) groups is 1. The minimum absolute atomic E-state index is 0.240. The zero-order valence-corrected chi connectivity index (χ0v) is 9.19. The minimum atomic E-state index is -0.628. The highest BCUT2D eigenvalue weighted by molar-refractivity contribution is 6.32. The average Bonchev–Trinajstić information content (AvgIpc) is 2.85. The Kier molecular flexibility index (Phi) is 2.96. The number of hydrogen-bond acceptors (Lipinski definition) is 4. The molecule has 0 unspecified atom stereocenters. The highest BCUT2D eigenvalue weighted by Crippen LogP contribution is 2.21. The summed E-state index contributed by atoms with van der Waals surface area (Å²) in [6.07, 6.45) is 1.53. The second kappa shape index (κ2) is 4.40. The largest absolute Gasteiger partial charge is 0.463 e. The van der Waals surface area contributed by atoms with Gasteiger partial charge in [0.05, 0.1) is 6.26 Å². The van der Waals surface area contributed by atoms with Crippen LogP contribution in [0.1, 0.15) is 6.92 Å². The van der Waals surface area contributed by atoms with Gasteiger partial charge in [-0.2, -0.15) is 0 Å². The fraction of sp³-hybridized carbons (Fsp3) is 0.200. The molecule has 2 aromatic heterocycles. The maximum Gasteiger partial charge on any atom is 0.244 e. The SMILES string of the molecule is C[C@H](Cl)C(=O)Nc1cc(-c2ccco2)no1. The fourth-order valence-electron chi connectivity index (χ4n) is 1.10. The van der Waals surface area contributed by atoms with Crippen molar-refractivity contribution in [1.29, 1.82) is 0 Å². The molecule has 0 radical (unpaired) electrons. The van der Waals surface area contributed by atoms with Crippen LogP contribution in [0.3, 0.4) is 0 Å². The molecule has 1 N–H and O–H groups in total. The van der Waals surface area contributed by atoms with Crippen molar-refractivity contribution in [2.75, 3.05) is 5.32 Å². The van der Waals surface area contributed by atoms with E-state index in [-0.39, 0.29) is 11.8 Å². The lowest BCUT2D eigenvalue weighted by Gasteiger charge is -2.00. The summed E-state index contributed by atoms with van der Waals surface area (Å²) in [6, 6.07) is 5.05. The van der Waals surface area contributed by atoms with Gasteiger partial charge in [-0.1, -0.05) is 5.16 Å². The van der Waals surface area contributed by atoms with Gasteiger partial charge < -0.3 is 8.94 Å². The average molecular weight is 241 g/mol. The lowest BCUT2D eigenvalue weighted by Crippen LogP contribution is -2.19. The smallest absolute Gasteiger partial charge is 0.244 e. The molecule has 2 rings (SSSR count). The summed E-state index contributed by atoms with van der Waals surface area (Å²) in [4.78, 5) is 11.3. The minimum Gasteiger partial charge on any atom is -0.463 e. The van der Waals surface area contributed by atoms with Crippen molar-refractivity contribution in [1.82, 2.24) is 5.16 Å². The van der Waals surface area contributed by atoms with Gasteiger partial charge in [-0.15, -0.1) is 11.6 Å². The molecule has 16 heavy (non-hydrogen) atoms. The topological polar surface area (TPSA) is 68.3 Å². The summed E-state index contributed by atoms with van der Waals surface area (Å²) >= 11 is 5.59. The molecule has 0 aliphatic carbocycles. The zero-order chi connectivity index (χ0) is 11.5. The molecule has 0 saturated heterocycles. The van der Waals surface area contributed by atoms with Crippen molar-refractivity contribution in [3.63, 3.8) is 0 Å². The fourth-order valence-corrected chi connectivity index (χ4v) is 1.15. The van der Waals surface area contributed by atoms with Crippen LogP contribution in [-0.4, -0.2) is 16.4 Å². The van der Waals surface area contributed by atoms with Crippen LogP contribution in [0, 0.1) is 0 Å². The molecule has 0 aliphatic heterocycles. The Morgan fingerprint density at radius 1 is 1.62 bits per heavy atom. The van der Waals surface area contributed by atoms with Crippen LogP contribution in [-0.2, 0) is 4.79 Å². The van der Waals surface area contributed by atoms with Crippen LogP contribution in [0.4, 0.5) is 5.88 Å². The summed E-state index contributed by atoms with van der Waals surface area (Å²) < 4.78 is 10.0. The van der Waals surface area contributed by atoms with Gasteiger partial charge in [0, 0.05) is 6.07 Å². The molecule has 0 saturated carbocycles. The molecule has 2 heterocycles. The molecular formula is C10H9ClN2O3. The van der Waals surface area contributed by atoms with E-state index >= 15 is 0 Å². The summed E-state index contributed by atoms with van der Waals surface area (Å²) in [7, 11) is 0. The number of aromatic nitrogens is 1. The number of nitrogens with zero attached hydrogens (tertiary/aromatic N) is 1. The molecule has 0 fully saturated rings. The number of nitrogens with one attached hydrogen (secondary N) is 1. The van der Waals surface area contributed by atoms with Gasteiger partial charge in [-0.25, -0.2) is 0 Å². The molecule has 0 aromatic carbocycles.